The van der Waals surface area contributed by atoms with E-state index in [1.807, 2.05) is 19.1 Å². The predicted molar refractivity (Wildman–Crippen MR) is 120 cm³/mol. The average molecular weight is 479 g/mol. The summed E-state index contributed by atoms with van der Waals surface area (Å²) >= 11 is 0. The van der Waals surface area contributed by atoms with Gasteiger partial charge in [-0.15, -0.1) is 0 Å². The molecule has 6 nitrogen and oxygen atoms in total. The third-order valence-electron chi connectivity index (χ3n) is 5.66. The Balaban J connectivity index is 1.59. The Morgan fingerprint density at radius 1 is 1.00 bits per heavy atom. The van der Waals surface area contributed by atoms with Crippen LogP contribution in [-0.2, 0) is 16.2 Å². The molecule has 1 saturated heterocycles. The smallest absolute Gasteiger partial charge is 0.302 e. The van der Waals surface area contributed by atoms with Gasteiger partial charge in [0, 0.05) is 18.7 Å². The van der Waals surface area contributed by atoms with E-state index in [9.17, 15) is 21.6 Å². The number of benzene rings is 2. The molecule has 1 aliphatic heterocycles. The van der Waals surface area contributed by atoms with E-state index in [0.717, 1.165) is 37.6 Å². The van der Waals surface area contributed by atoms with Crippen LogP contribution in [0.25, 0.3) is 16.9 Å². The van der Waals surface area contributed by atoms with Gasteiger partial charge in [-0.05, 0) is 63.2 Å². The molecule has 3 aromatic rings. The van der Waals surface area contributed by atoms with E-state index >= 15 is 0 Å². The fourth-order valence-electron chi connectivity index (χ4n) is 3.84. The van der Waals surface area contributed by atoms with E-state index in [-0.39, 0.29) is 10.6 Å². The summed E-state index contributed by atoms with van der Waals surface area (Å²) in [6, 6.07) is 13.7. The lowest BCUT2D eigenvalue weighted by molar-refractivity contribution is -0.141. The van der Waals surface area contributed by atoms with Gasteiger partial charge in [0.1, 0.15) is 0 Å². The lowest BCUT2D eigenvalue weighted by Gasteiger charge is -2.15. The number of aromatic nitrogens is 2. The van der Waals surface area contributed by atoms with Gasteiger partial charge >= 0.3 is 6.18 Å². The topological polar surface area (TPSA) is 67.2 Å². The summed E-state index contributed by atoms with van der Waals surface area (Å²) in [5.74, 6) is 0. The van der Waals surface area contributed by atoms with Crippen molar-refractivity contribution in [3.05, 3.63) is 65.9 Å². The summed E-state index contributed by atoms with van der Waals surface area (Å²) in [6.07, 6.45) is -2.35. The molecule has 1 N–H and O–H groups in total. The number of alkyl halides is 3. The number of hydrogen-bond acceptors (Lipinski definition) is 4. The third-order valence-corrected chi connectivity index (χ3v) is 7.13. The van der Waals surface area contributed by atoms with Crippen LogP contribution in [0.3, 0.4) is 0 Å². The molecule has 0 atom stereocenters. The first-order valence-electron chi connectivity index (χ1n) is 10.7. The zero-order valence-electron chi connectivity index (χ0n) is 18.1. The molecule has 176 valence electrons. The summed E-state index contributed by atoms with van der Waals surface area (Å²) in [5.41, 5.74) is 1.13. The van der Waals surface area contributed by atoms with Crippen molar-refractivity contribution >= 4 is 10.0 Å². The van der Waals surface area contributed by atoms with E-state index in [2.05, 4.69) is 14.7 Å². The van der Waals surface area contributed by atoms with Gasteiger partial charge < -0.3 is 4.90 Å². The fraction of sp³-hybridized carbons (Fsp3) is 0.348. The molecule has 0 bridgehead atoms. The maximum atomic E-state index is 13.4. The Kier molecular flexibility index (Phi) is 6.60. The second-order valence-electron chi connectivity index (χ2n) is 8.13. The van der Waals surface area contributed by atoms with Gasteiger partial charge in [0.15, 0.2) is 5.69 Å². The quantitative estimate of drug-likeness (QED) is 0.552. The highest BCUT2D eigenvalue weighted by Gasteiger charge is 2.35. The van der Waals surface area contributed by atoms with Gasteiger partial charge in [-0.2, -0.15) is 18.3 Å². The van der Waals surface area contributed by atoms with Crippen molar-refractivity contribution in [1.82, 2.24) is 19.4 Å². The SMILES string of the molecule is Cc1ccc(-c2cc(C(F)(F)F)nn2-c2ccc(S(=O)(=O)NCCN3CCCC3)cc2)cc1. The first-order chi connectivity index (χ1) is 15.6. The lowest BCUT2D eigenvalue weighted by Crippen LogP contribution is -2.33. The van der Waals surface area contributed by atoms with Crippen LogP contribution < -0.4 is 4.72 Å². The third kappa shape index (κ3) is 5.45. The number of nitrogens with one attached hydrogen (secondary N) is 1. The molecule has 1 fully saturated rings. The van der Waals surface area contributed by atoms with Crippen LogP contribution in [0.1, 0.15) is 24.1 Å². The van der Waals surface area contributed by atoms with Crippen molar-refractivity contribution < 1.29 is 21.6 Å². The minimum atomic E-state index is -4.60. The second-order valence-corrected chi connectivity index (χ2v) is 9.90. The van der Waals surface area contributed by atoms with Crippen molar-refractivity contribution in [3.63, 3.8) is 0 Å². The Labute approximate surface area is 191 Å². The van der Waals surface area contributed by atoms with E-state index in [0.29, 0.717) is 24.3 Å². The molecule has 0 amide bonds. The normalized spacial score (nSPS) is 15.3. The van der Waals surface area contributed by atoms with E-state index in [4.69, 9.17) is 0 Å². The number of likely N-dealkylation sites (tertiary alicyclic amines) is 1. The van der Waals surface area contributed by atoms with Crippen molar-refractivity contribution in [2.24, 2.45) is 0 Å². The van der Waals surface area contributed by atoms with E-state index in [1.165, 1.54) is 28.9 Å². The van der Waals surface area contributed by atoms with Gasteiger partial charge in [0.25, 0.3) is 0 Å². The minimum absolute atomic E-state index is 0.0489. The van der Waals surface area contributed by atoms with Crippen molar-refractivity contribution in [2.75, 3.05) is 26.2 Å². The Morgan fingerprint density at radius 2 is 1.64 bits per heavy atom. The Hall–Kier alpha value is -2.69. The maximum Gasteiger partial charge on any atom is 0.435 e. The largest absolute Gasteiger partial charge is 0.435 e. The molecule has 0 unspecified atom stereocenters. The molecule has 0 saturated carbocycles. The summed E-state index contributed by atoms with van der Waals surface area (Å²) in [7, 11) is -3.72. The van der Waals surface area contributed by atoms with Gasteiger partial charge in [-0.3, -0.25) is 0 Å². The summed E-state index contributed by atoms with van der Waals surface area (Å²) < 4.78 is 69.1. The maximum absolute atomic E-state index is 13.4. The van der Waals surface area contributed by atoms with Crippen LogP contribution in [0.4, 0.5) is 13.2 Å². The number of rotatable bonds is 7. The number of hydrogen-bond donors (Lipinski definition) is 1. The summed E-state index contributed by atoms with van der Waals surface area (Å²) in [6.45, 7) is 4.79. The second kappa shape index (κ2) is 9.28. The highest BCUT2D eigenvalue weighted by Crippen LogP contribution is 2.33. The van der Waals surface area contributed by atoms with Gasteiger partial charge in [-0.25, -0.2) is 17.8 Å². The van der Waals surface area contributed by atoms with Crippen LogP contribution in [-0.4, -0.2) is 49.3 Å². The van der Waals surface area contributed by atoms with Crippen molar-refractivity contribution in [2.45, 2.75) is 30.8 Å². The zero-order chi connectivity index (χ0) is 23.6. The van der Waals surface area contributed by atoms with Crippen LogP contribution >= 0.6 is 0 Å². The summed E-state index contributed by atoms with van der Waals surface area (Å²) in [5, 5.41) is 3.76. The monoisotopic (exact) mass is 478 g/mol. The highest BCUT2D eigenvalue weighted by atomic mass is 32.2. The standard InChI is InChI=1S/C23H25F3N4O2S/c1-17-4-6-18(7-5-17)21-16-22(23(24,25)26)28-30(21)19-8-10-20(11-9-19)33(31,32)27-12-15-29-13-2-3-14-29/h4-11,16,27H,2-3,12-15H2,1H3. The molecule has 1 aromatic heterocycles. The molecule has 2 aromatic carbocycles. The Bertz CT molecular complexity index is 1200. The van der Waals surface area contributed by atoms with Gasteiger partial charge in [-0.1, -0.05) is 29.8 Å². The Morgan fingerprint density at radius 3 is 2.24 bits per heavy atom. The summed E-state index contributed by atoms with van der Waals surface area (Å²) in [4.78, 5) is 2.25. The predicted octanol–water partition coefficient (Wildman–Crippen LogP) is 4.24. The average Bonchev–Trinajstić information content (AvgIpc) is 3.44. The number of halogens is 3. The number of aryl methyl sites for hydroxylation is 1. The van der Waals surface area contributed by atoms with E-state index in [1.54, 1.807) is 12.1 Å². The highest BCUT2D eigenvalue weighted by molar-refractivity contribution is 7.89. The molecular weight excluding hydrogens is 453 g/mol. The van der Waals surface area contributed by atoms with Crippen molar-refractivity contribution in [1.29, 1.82) is 0 Å². The number of sulfonamides is 1. The number of nitrogens with zero attached hydrogens (tertiary/aromatic N) is 3. The molecule has 0 aliphatic carbocycles. The molecular formula is C23H25F3N4O2S. The molecule has 0 spiro atoms. The minimum Gasteiger partial charge on any atom is -0.302 e. The zero-order valence-corrected chi connectivity index (χ0v) is 19.0. The van der Waals surface area contributed by atoms with Crippen LogP contribution in [0.15, 0.2) is 59.5 Å². The van der Waals surface area contributed by atoms with Gasteiger partial charge in [0.05, 0.1) is 16.3 Å². The first-order valence-corrected chi connectivity index (χ1v) is 12.2. The fourth-order valence-corrected chi connectivity index (χ4v) is 4.86. The molecule has 2 heterocycles. The molecule has 33 heavy (non-hydrogen) atoms. The van der Waals surface area contributed by atoms with Gasteiger partial charge in [0.2, 0.25) is 10.0 Å². The molecule has 1 aliphatic rings. The molecule has 4 rings (SSSR count). The molecule has 0 radical (unpaired) electrons. The van der Waals surface area contributed by atoms with E-state index < -0.39 is 21.9 Å². The lowest BCUT2D eigenvalue weighted by atomic mass is 10.1. The van der Waals surface area contributed by atoms with Crippen LogP contribution in [0.5, 0.6) is 0 Å². The first kappa shape index (κ1) is 23.5. The van der Waals surface area contributed by atoms with Crippen molar-refractivity contribution in [3.8, 4) is 16.9 Å². The molecule has 10 heteroatoms. The van der Waals surface area contributed by atoms with Crippen LogP contribution in [0, 0.1) is 6.92 Å². The van der Waals surface area contributed by atoms with Crippen LogP contribution in [0.2, 0.25) is 0 Å².